The summed E-state index contributed by atoms with van der Waals surface area (Å²) in [5, 5.41) is 0. The maximum atomic E-state index is 12.3. The van der Waals surface area contributed by atoms with Gasteiger partial charge in [-0.25, -0.2) is 13.1 Å². The quantitative estimate of drug-likeness (QED) is 0.741. The van der Waals surface area contributed by atoms with E-state index in [1.165, 1.54) is 13.2 Å². The average molecular weight is 302 g/mol. The first-order chi connectivity index (χ1) is 9.31. The molecular formula is C13H22N2O4S. The van der Waals surface area contributed by atoms with Gasteiger partial charge in [0, 0.05) is 18.8 Å². The third-order valence-corrected chi connectivity index (χ3v) is 4.30. The fourth-order valence-corrected chi connectivity index (χ4v) is 2.99. The van der Waals surface area contributed by atoms with Crippen LogP contribution in [0.25, 0.3) is 0 Å². The number of sulfonamides is 1. The van der Waals surface area contributed by atoms with Crippen LogP contribution in [0, 0.1) is 6.92 Å². The minimum atomic E-state index is -3.69. The summed E-state index contributed by atoms with van der Waals surface area (Å²) in [7, 11) is -2.27. The van der Waals surface area contributed by atoms with Crippen LogP contribution in [0.1, 0.15) is 19.4 Å². The maximum Gasteiger partial charge on any atom is 0.244 e. The van der Waals surface area contributed by atoms with Crippen molar-refractivity contribution in [3.8, 4) is 5.75 Å². The van der Waals surface area contributed by atoms with Crippen LogP contribution in [0.2, 0.25) is 0 Å². The fourth-order valence-electron chi connectivity index (χ4n) is 1.70. The van der Waals surface area contributed by atoms with Gasteiger partial charge < -0.3 is 15.2 Å². The van der Waals surface area contributed by atoms with Crippen molar-refractivity contribution in [2.24, 2.45) is 0 Å². The summed E-state index contributed by atoms with van der Waals surface area (Å²) in [6.45, 7) is 6.16. The van der Waals surface area contributed by atoms with Gasteiger partial charge in [-0.15, -0.1) is 0 Å². The van der Waals surface area contributed by atoms with E-state index in [4.69, 9.17) is 15.2 Å². The molecule has 0 heterocycles. The van der Waals surface area contributed by atoms with Crippen LogP contribution in [-0.4, -0.2) is 34.8 Å². The minimum absolute atomic E-state index is 0.0341. The van der Waals surface area contributed by atoms with Gasteiger partial charge in [0.25, 0.3) is 0 Å². The van der Waals surface area contributed by atoms with Gasteiger partial charge in [0.1, 0.15) is 10.6 Å². The van der Waals surface area contributed by atoms with Crippen LogP contribution in [0.4, 0.5) is 5.69 Å². The number of methoxy groups -OCH3 is 1. The van der Waals surface area contributed by atoms with Gasteiger partial charge in [-0.1, -0.05) is 0 Å². The molecule has 1 aromatic carbocycles. The number of hydrogen-bond acceptors (Lipinski definition) is 5. The molecule has 0 aromatic heterocycles. The molecule has 0 aliphatic carbocycles. The van der Waals surface area contributed by atoms with Crippen molar-refractivity contribution in [2.45, 2.75) is 31.8 Å². The topological polar surface area (TPSA) is 90.7 Å². The fraction of sp³-hybridized carbons (Fsp3) is 0.538. The van der Waals surface area contributed by atoms with Crippen LogP contribution >= 0.6 is 0 Å². The summed E-state index contributed by atoms with van der Waals surface area (Å²) < 4.78 is 37.5. The lowest BCUT2D eigenvalue weighted by Gasteiger charge is -2.15. The Kier molecular flexibility index (Phi) is 5.79. The van der Waals surface area contributed by atoms with E-state index in [1.54, 1.807) is 19.9 Å². The van der Waals surface area contributed by atoms with Gasteiger partial charge in [-0.05, 0) is 38.5 Å². The molecule has 0 aliphatic rings. The van der Waals surface area contributed by atoms with Crippen LogP contribution in [0.3, 0.4) is 0 Å². The monoisotopic (exact) mass is 302 g/mol. The molecule has 0 spiro atoms. The molecule has 0 radical (unpaired) electrons. The Balaban J connectivity index is 3.00. The predicted octanol–water partition coefficient (Wildman–Crippen LogP) is 1.29. The Hall–Kier alpha value is -1.31. The number of rotatable bonds is 7. The normalized spacial score (nSPS) is 13.2. The highest BCUT2D eigenvalue weighted by atomic mass is 32.2. The summed E-state index contributed by atoms with van der Waals surface area (Å²) in [6, 6.07) is 3.01. The molecule has 1 unspecified atom stereocenters. The zero-order valence-electron chi connectivity index (χ0n) is 12.3. The smallest absolute Gasteiger partial charge is 0.244 e. The maximum absolute atomic E-state index is 12.3. The second kappa shape index (κ2) is 6.92. The van der Waals surface area contributed by atoms with Crippen molar-refractivity contribution in [3.05, 3.63) is 17.7 Å². The third kappa shape index (κ3) is 4.09. The number of ether oxygens (including phenoxy) is 2. The highest BCUT2D eigenvalue weighted by Crippen LogP contribution is 2.28. The number of nitrogens with one attached hydrogen (secondary N) is 1. The van der Waals surface area contributed by atoms with Crippen LogP contribution < -0.4 is 15.2 Å². The van der Waals surface area contributed by atoms with Crippen LogP contribution in [-0.2, 0) is 14.8 Å². The molecule has 0 saturated heterocycles. The molecule has 1 atom stereocenters. The lowest BCUT2D eigenvalue weighted by atomic mass is 10.2. The average Bonchev–Trinajstić information content (AvgIpc) is 2.39. The van der Waals surface area contributed by atoms with Gasteiger partial charge >= 0.3 is 0 Å². The van der Waals surface area contributed by atoms with Gasteiger partial charge in [0.15, 0.2) is 0 Å². The molecule has 0 saturated carbocycles. The molecule has 1 aromatic rings. The molecule has 114 valence electrons. The van der Waals surface area contributed by atoms with Crippen molar-refractivity contribution < 1.29 is 17.9 Å². The first-order valence-electron chi connectivity index (χ1n) is 6.37. The first kappa shape index (κ1) is 16.7. The number of nitrogens with two attached hydrogens (primary N) is 1. The third-order valence-electron chi connectivity index (χ3n) is 2.85. The summed E-state index contributed by atoms with van der Waals surface area (Å²) >= 11 is 0. The van der Waals surface area contributed by atoms with Crippen molar-refractivity contribution in [3.63, 3.8) is 0 Å². The first-order valence-corrected chi connectivity index (χ1v) is 7.85. The Morgan fingerprint density at radius 2 is 2.05 bits per heavy atom. The Labute approximate surface area is 120 Å². The second-order valence-electron chi connectivity index (χ2n) is 4.48. The molecular weight excluding hydrogens is 280 g/mol. The second-order valence-corrected chi connectivity index (χ2v) is 6.21. The van der Waals surface area contributed by atoms with E-state index in [0.717, 1.165) is 5.56 Å². The molecule has 20 heavy (non-hydrogen) atoms. The van der Waals surface area contributed by atoms with E-state index in [9.17, 15) is 8.42 Å². The van der Waals surface area contributed by atoms with E-state index < -0.39 is 10.0 Å². The van der Waals surface area contributed by atoms with E-state index in [0.29, 0.717) is 12.3 Å². The molecule has 3 N–H and O–H groups in total. The van der Waals surface area contributed by atoms with Gasteiger partial charge in [0.05, 0.1) is 13.2 Å². The molecule has 0 amide bonds. The van der Waals surface area contributed by atoms with Gasteiger partial charge in [-0.2, -0.15) is 0 Å². The zero-order valence-corrected chi connectivity index (χ0v) is 13.1. The number of anilines is 1. The number of benzene rings is 1. The summed E-state index contributed by atoms with van der Waals surface area (Å²) in [4.78, 5) is 0.0341. The van der Waals surface area contributed by atoms with Gasteiger partial charge in [-0.3, -0.25) is 0 Å². The highest BCUT2D eigenvalue weighted by Gasteiger charge is 2.21. The summed E-state index contributed by atoms with van der Waals surface area (Å²) in [6.07, 6.45) is -0.205. The molecule has 7 heteroatoms. The molecule has 0 aliphatic heterocycles. The van der Waals surface area contributed by atoms with Crippen molar-refractivity contribution in [1.29, 1.82) is 0 Å². The van der Waals surface area contributed by atoms with Crippen LogP contribution in [0.15, 0.2) is 17.0 Å². The van der Waals surface area contributed by atoms with Crippen molar-refractivity contribution in [1.82, 2.24) is 4.72 Å². The van der Waals surface area contributed by atoms with E-state index in [-0.39, 0.29) is 23.3 Å². The standard InChI is InChI=1S/C13H22N2O4S/c1-5-19-10(3)8-15-20(16,17)13-7-11(14)9(2)6-12(13)18-4/h6-7,10,15H,5,8,14H2,1-4H3. The lowest BCUT2D eigenvalue weighted by molar-refractivity contribution is 0.0799. The number of aryl methyl sites for hydroxylation is 1. The number of nitrogen functional groups attached to an aromatic ring is 1. The summed E-state index contributed by atoms with van der Waals surface area (Å²) in [5.41, 5.74) is 6.95. The highest BCUT2D eigenvalue weighted by molar-refractivity contribution is 7.89. The Morgan fingerprint density at radius 3 is 2.60 bits per heavy atom. The minimum Gasteiger partial charge on any atom is -0.495 e. The lowest BCUT2D eigenvalue weighted by Crippen LogP contribution is -2.32. The number of hydrogen-bond donors (Lipinski definition) is 2. The summed E-state index contributed by atoms with van der Waals surface area (Å²) in [5.74, 6) is 0.272. The van der Waals surface area contributed by atoms with Gasteiger partial charge in [0.2, 0.25) is 10.0 Å². The Bertz CT molecular complexity index is 558. The molecule has 0 bridgehead atoms. The largest absolute Gasteiger partial charge is 0.495 e. The van der Waals surface area contributed by atoms with E-state index in [1.807, 2.05) is 6.92 Å². The molecule has 0 fully saturated rings. The Morgan fingerprint density at radius 1 is 1.40 bits per heavy atom. The van der Waals surface area contributed by atoms with Crippen molar-refractivity contribution in [2.75, 3.05) is 26.0 Å². The molecule has 1 rings (SSSR count). The molecule has 6 nitrogen and oxygen atoms in total. The zero-order chi connectivity index (χ0) is 15.3. The van der Waals surface area contributed by atoms with E-state index in [2.05, 4.69) is 4.72 Å². The SMILES string of the molecule is CCOC(C)CNS(=O)(=O)c1cc(N)c(C)cc1OC. The van der Waals surface area contributed by atoms with Crippen LogP contribution in [0.5, 0.6) is 5.75 Å². The van der Waals surface area contributed by atoms with E-state index >= 15 is 0 Å². The predicted molar refractivity (Wildman–Crippen MR) is 78.4 cm³/mol. The van der Waals surface area contributed by atoms with Crippen molar-refractivity contribution >= 4 is 15.7 Å².